The zero-order valence-electron chi connectivity index (χ0n) is 15.7. The Morgan fingerprint density at radius 1 is 0.963 bits per heavy atom. The van der Waals surface area contributed by atoms with Gasteiger partial charge >= 0.3 is 0 Å². The molecular weight excluding hydrogens is 384 g/mol. The molecule has 1 aliphatic heterocycles. The fourth-order valence-corrected chi connectivity index (χ4v) is 5.69. The first-order valence-corrected chi connectivity index (χ1v) is 10.7. The van der Waals surface area contributed by atoms with Crippen LogP contribution in [0.4, 0.5) is 0 Å². The summed E-state index contributed by atoms with van der Waals surface area (Å²) in [6.07, 6.45) is 0. The minimum atomic E-state index is -3.59. The molecule has 1 fully saturated rings. The number of rotatable bonds is 3. The number of hydrogen-bond acceptors (Lipinski definition) is 3. The van der Waals surface area contributed by atoms with E-state index in [1.807, 2.05) is 32.9 Å². The molecule has 1 heterocycles. The molecule has 0 aromatic heterocycles. The van der Waals surface area contributed by atoms with Crippen molar-refractivity contribution in [2.24, 2.45) is 0 Å². The standard InChI is InChI=1S/C20H23ClN2O3S/c1-14-12-15(2)19(16(3)13-14)27(25,26)23-10-8-22(9-11-23)20(24)17-6-4-5-7-18(17)21/h4-7,12-13H,8-11H2,1-3H3. The van der Waals surface area contributed by atoms with Crippen molar-refractivity contribution in [1.29, 1.82) is 0 Å². The van der Waals surface area contributed by atoms with Crippen molar-refractivity contribution in [1.82, 2.24) is 9.21 Å². The largest absolute Gasteiger partial charge is 0.336 e. The van der Waals surface area contributed by atoms with Gasteiger partial charge in [0.25, 0.3) is 5.91 Å². The van der Waals surface area contributed by atoms with Crippen LogP contribution in [0, 0.1) is 20.8 Å². The van der Waals surface area contributed by atoms with E-state index in [1.165, 1.54) is 4.31 Å². The average molecular weight is 407 g/mol. The molecule has 1 aliphatic rings. The summed E-state index contributed by atoms with van der Waals surface area (Å²) >= 11 is 6.11. The zero-order chi connectivity index (χ0) is 19.8. The van der Waals surface area contributed by atoms with E-state index < -0.39 is 10.0 Å². The Bertz CT molecular complexity index is 957. The summed E-state index contributed by atoms with van der Waals surface area (Å²) in [7, 11) is -3.59. The molecule has 27 heavy (non-hydrogen) atoms. The number of benzene rings is 2. The summed E-state index contributed by atoms with van der Waals surface area (Å²) in [5.41, 5.74) is 2.99. The number of carbonyl (C=O) groups is 1. The number of hydrogen-bond donors (Lipinski definition) is 0. The Labute approximate surface area is 165 Å². The lowest BCUT2D eigenvalue weighted by molar-refractivity contribution is 0.0698. The van der Waals surface area contributed by atoms with Crippen LogP contribution in [0.5, 0.6) is 0 Å². The van der Waals surface area contributed by atoms with E-state index >= 15 is 0 Å². The lowest BCUT2D eigenvalue weighted by Gasteiger charge is -2.34. The number of nitrogens with zero attached hydrogens (tertiary/aromatic N) is 2. The maximum Gasteiger partial charge on any atom is 0.255 e. The third-order valence-electron chi connectivity index (χ3n) is 4.83. The minimum Gasteiger partial charge on any atom is -0.336 e. The van der Waals surface area contributed by atoms with E-state index in [4.69, 9.17) is 11.6 Å². The van der Waals surface area contributed by atoms with Gasteiger partial charge in [0.15, 0.2) is 0 Å². The number of piperazine rings is 1. The third-order valence-corrected chi connectivity index (χ3v) is 7.37. The monoisotopic (exact) mass is 406 g/mol. The number of amides is 1. The molecule has 0 atom stereocenters. The van der Waals surface area contributed by atoms with Crippen LogP contribution in [0.15, 0.2) is 41.3 Å². The molecule has 3 rings (SSSR count). The molecule has 0 saturated carbocycles. The maximum absolute atomic E-state index is 13.1. The second-order valence-corrected chi connectivity index (χ2v) is 9.19. The van der Waals surface area contributed by atoms with Gasteiger partial charge in [-0.25, -0.2) is 8.42 Å². The molecule has 0 N–H and O–H groups in total. The maximum atomic E-state index is 13.1. The van der Waals surface area contributed by atoms with E-state index in [-0.39, 0.29) is 19.0 Å². The highest BCUT2D eigenvalue weighted by Gasteiger charge is 2.32. The van der Waals surface area contributed by atoms with Crippen LogP contribution >= 0.6 is 11.6 Å². The molecule has 0 bridgehead atoms. The molecule has 1 saturated heterocycles. The number of carbonyl (C=O) groups excluding carboxylic acids is 1. The highest BCUT2D eigenvalue weighted by Crippen LogP contribution is 2.26. The minimum absolute atomic E-state index is 0.166. The average Bonchev–Trinajstić information content (AvgIpc) is 2.60. The molecule has 0 radical (unpaired) electrons. The van der Waals surface area contributed by atoms with Gasteiger partial charge in [0.1, 0.15) is 0 Å². The Hall–Kier alpha value is -1.89. The Morgan fingerprint density at radius 2 is 1.52 bits per heavy atom. The second kappa shape index (κ2) is 7.62. The molecule has 2 aromatic rings. The fraction of sp³-hybridized carbons (Fsp3) is 0.350. The van der Waals surface area contributed by atoms with E-state index in [9.17, 15) is 13.2 Å². The molecule has 5 nitrogen and oxygen atoms in total. The molecule has 1 amide bonds. The summed E-state index contributed by atoms with van der Waals surface area (Å²) in [5.74, 6) is -0.166. The highest BCUT2D eigenvalue weighted by atomic mass is 35.5. The van der Waals surface area contributed by atoms with Crippen LogP contribution in [-0.4, -0.2) is 49.7 Å². The Morgan fingerprint density at radius 3 is 2.07 bits per heavy atom. The van der Waals surface area contributed by atoms with Crippen LogP contribution in [0.3, 0.4) is 0 Å². The third kappa shape index (κ3) is 3.88. The van der Waals surface area contributed by atoms with Gasteiger partial charge < -0.3 is 4.90 Å². The van der Waals surface area contributed by atoms with Crippen molar-refractivity contribution in [3.05, 3.63) is 63.7 Å². The van der Waals surface area contributed by atoms with Crippen molar-refractivity contribution in [3.63, 3.8) is 0 Å². The summed E-state index contributed by atoms with van der Waals surface area (Å²) < 4.78 is 27.8. The molecule has 144 valence electrons. The number of sulfonamides is 1. The summed E-state index contributed by atoms with van der Waals surface area (Å²) in [4.78, 5) is 14.7. The molecule has 0 unspecified atom stereocenters. The van der Waals surface area contributed by atoms with Crippen LogP contribution in [0.2, 0.25) is 5.02 Å². The summed E-state index contributed by atoms with van der Waals surface area (Å²) in [6.45, 7) is 6.82. The van der Waals surface area contributed by atoms with Crippen molar-refractivity contribution in [3.8, 4) is 0 Å². The molecular formula is C20H23ClN2O3S. The van der Waals surface area contributed by atoms with Gasteiger partial charge in [0, 0.05) is 26.2 Å². The molecule has 2 aromatic carbocycles. The van der Waals surface area contributed by atoms with Crippen LogP contribution in [0.1, 0.15) is 27.0 Å². The first-order valence-electron chi connectivity index (χ1n) is 8.83. The van der Waals surface area contributed by atoms with Crippen molar-refractivity contribution >= 4 is 27.5 Å². The Kier molecular flexibility index (Phi) is 5.60. The van der Waals surface area contributed by atoms with E-state index in [2.05, 4.69) is 0 Å². The van der Waals surface area contributed by atoms with Gasteiger partial charge in [-0.2, -0.15) is 4.31 Å². The smallest absolute Gasteiger partial charge is 0.255 e. The fourth-order valence-electron chi connectivity index (χ4n) is 3.64. The van der Waals surface area contributed by atoms with Gasteiger partial charge in [-0.3, -0.25) is 4.79 Å². The quantitative estimate of drug-likeness (QED) is 0.784. The molecule has 0 aliphatic carbocycles. The summed E-state index contributed by atoms with van der Waals surface area (Å²) in [5, 5.41) is 0.406. The van der Waals surface area contributed by atoms with Crippen molar-refractivity contribution < 1.29 is 13.2 Å². The molecule has 7 heteroatoms. The van der Waals surface area contributed by atoms with Crippen molar-refractivity contribution in [2.45, 2.75) is 25.7 Å². The second-order valence-electron chi connectivity index (χ2n) is 6.90. The van der Waals surface area contributed by atoms with E-state index in [1.54, 1.807) is 29.2 Å². The lowest BCUT2D eigenvalue weighted by atomic mass is 10.1. The van der Waals surface area contributed by atoms with Gasteiger partial charge in [0.2, 0.25) is 10.0 Å². The van der Waals surface area contributed by atoms with E-state index in [0.717, 1.165) is 16.7 Å². The van der Waals surface area contributed by atoms with Gasteiger partial charge in [-0.15, -0.1) is 0 Å². The predicted molar refractivity (Wildman–Crippen MR) is 107 cm³/mol. The van der Waals surface area contributed by atoms with E-state index in [0.29, 0.717) is 28.6 Å². The highest BCUT2D eigenvalue weighted by molar-refractivity contribution is 7.89. The molecule has 0 spiro atoms. The Balaban J connectivity index is 1.78. The predicted octanol–water partition coefficient (Wildman–Crippen LogP) is 3.41. The normalized spacial score (nSPS) is 15.8. The number of aryl methyl sites for hydroxylation is 3. The first-order chi connectivity index (χ1) is 12.7. The van der Waals surface area contributed by atoms with Crippen LogP contribution < -0.4 is 0 Å². The SMILES string of the molecule is Cc1cc(C)c(S(=O)(=O)N2CCN(C(=O)c3ccccc3Cl)CC2)c(C)c1. The number of halogens is 1. The van der Waals surface area contributed by atoms with Crippen molar-refractivity contribution in [2.75, 3.05) is 26.2 Å². The topological polar surface area (TPSA) is 57.7 Å². The first kappa shape index (κ1) is 19.9. The van der Waals surface area contributed by atoms with Crippen LogP contribution in [-0.2, 0) is 10.0 Å². The van der Waals surface area contributed by atoms with Gasteiger partial charge in [-0.1, -0.05) is 41.4 Å². The van der Waals surface area contributed by atoms with Gasteiger partial charge in [0.05, 0.1) is 15.5 Å². The zero-order valence-corrected chi connectivity index (χ0v) is 17.3. The lowest BCUT2D eigenvalue weighted by Crippen LogP contribution is -2.50. The van der Waals surface area contributed by atoms with Crippen LogP contribution in [0.25, 0.3) is 0 Å². The summed E-state index contributed by atoms with van der Waals surface area (Å²) in [6, 6.07) is 10.7. The van der Waals surface area contributed by atoms with Gasteiger partial charge in [-0.05, 0) is 44.0 Å².